The van der Waals surface area contributed by atoms with Gasteiger partial charge in [-0.3, -0.25) is 5.10 Å². The third kappa shape index (κ3) is 2.25. The number of nitrogens with one attached hydrogen (secondary N) is 1. The Labute approximate surface area is 126 Å². The summed E-state index contributed by atoms with van der Waals surface area (Å²) >= 11 is 0. The molecular formula is C18H23N3. The molecule has 0 amide bonds. The Balaban J connectivity index is 1.48. The molecule has 1 aromatic heterocycles. The van der Waals surface area contributed by atoms with Crippen LogP contribution in [0.15, 0.2) is 24.3 Å². The second-order valence-electron chi connectivity index (χ2n) is 6.46. The second-order valence-corrected chi connectivity index (χ2v) is 6.46. The normalized spacial score (nSPS) is 20.4. The molecule has 1 aliphatic carbocycles. The number of rotatable bonds is 3. The molecule has 21 heavy (non-hydrogen) atoms. The fourth-order valence-electron chi connectivity index (χ4n) is 4.10. The Morgan fingerprint density at radius 3 is 3.14 bits per heavy atom. The Morgan fingerprint density at radius 1 is 1.29 bits per heavy atom. The van der Waals surface area contributed by atoms with Gasteiger partial charge in [-0.1, -0.05) is 24.3 Å². The summed E-state index contributed by atoms with van der Waals surface area (Å²) in [4.78, 5) is 2.55. The average Bonchev–Trinajstić information content (AvgIpc) is 3.10. The molecule has 0 saturated carbocycles. The molecule has 4 rings (SSSR count). The van der Waals surface area contributed by atoms with Gasteiger partial charge in [-0.2, -0.15) is 5.10 Å². The maximum absolute atomic E-state index is 4.46. The molecule has 0 bridgehead atoms. The molecule has 0 saturated heterocycles. The lowest BCUT2D eigenvalue weighted by Gasteiger charge is -2.30. The van der Waals surface area contributed by atoms with E-state index in [1.54, 1.807) is 11.1 Å². The van der Waals surface area contributed by atoms with E-state index in [0.29, 0.717) is 0 Å². The van der Waals surface area contributed by atoms with E-state index in [1.807, 2.05) is 0 Å². The standard InChI is InChI=1S/C18H23N3/c1-13-18-17(20-19-13)7-4-11-21(18)12-10-15-9-8-14-5-2-3-6-16(14)15/h2-3,5-6,15H,4,7-12H2,1H3,(H,19,20). The maximum Gasteiger partial charge on any atom is 0.0859 e. The summed E-state index contributed by atoms with van der Waals surface area (Å²) in [7, 11) is 0. The molecule has 0 radical (unpaired) electrons. The van der Waals surface area contributed by atoms with E-state index in [2.05, 4.69) is 46.3 Å². The van der Waals surface area contributed by atoms with Crippen molar-refractivity contribution in [1.82, 2.24) is 10.2 Å². The van der Waals surface area contributed by atoms with Crippen molar-refractivity contribution in [2.24, 2.45) is 0 Å². The van der Waals surface area contributed by atoms with Gasteiger partial charge in [-0.15, -0.1) is 0 Å². The van der Waals surface area contributed by atoms with E-state index in [1.165, 1.54) is 49.3 Å². The SMILES string of the molecule is Cc1[nH]nc2c1N(CCC1CCc3ccccc31)CCC2. The maximum atomic E-state index is 4.46. The van der Waals surface area contributed by atoms with Crippen molar-refractivity contribution in [1.29, 1.82) is 0 Å². The largest absolute Gasteiger partial charge is 0.369 e. The molecule has 0 fully saturated rings. The highest BCUT2D eigenvalue weighted by Crippen LogP contribution is 2.36. The lowest BCUT2D eigenvalue weighted by Crippen LogP contribution is -2.31. The number of hydrogen-bond acceptors (Lipinski definition) is 2. The predicted molar refractivity (Wildman–Crippen MR) is 86.0 cm³/mol. The van der Waals surface area contributed by atoms with Crippen molar-refractivity contribution in [3.8, 4) is 0 Å². The summed E-state index contributed by atoms with van der Waals surface area (Å²) in [5.41, 5.74) is 7.05. The molecular weight excluding hydrogens is 258 g/mol. The monoisotopic (exact) mass is 281 g/mol. The van der Waals surface area contributed by atoms with Crippen LogP contribution in [-0.2, 0) is 12.8 Å². The van der Waals surface area contributed by atoms with Gasteiger partial charge < -0.3 is 4.90 Å². The quantitative estimate of drug-likeness (QED) is 0.932. The zero-order valence-corrected chi connectivity index (χ0v) is 12.7. The van der Waals surface area contributed by atoms with Gasteiger partial charge in [0, 0.05) is 13.1 Å². The number of H-pyrrole nitrogens is 1. The molecule has 2 heterocycles. The van der Waals surface area contributed by atoms with E-state index in [0.717, 1.165) is 18.9 Å². The van der Waals surface area contributed by atoms with Crippen LogP contribution >= 0.6 is 0 Å². The van der Waals surface area contributed by atoms with Gasteiger partial charge in [0.15, 0.2) is 0 Å². The Hall–Kier alpha value is -1.77. The molecule has 2 aromatic rings. The van der Waals surface area contributed by atoms with E-state index >= 15 is 0 Å². The lowest BCUT2D eigenvalue weighted by molar-refractivity contribution is 0.583. The first-order valence-corrected chi connectivity index (χ1v) is 8.19. The van der Waals surface area contributed by atoms with Crippen LogP contribution in [0.3, 0.4) is 0 Å². The van der Waals surface area contributed by atoms with E-state index in [9.17, 15) is 0 Å². The van der Waals surface area contributed by atoms with Gasteiger partial charge >= 0.3 is 0 Å². The molecule has 1 aromatic carbocycles. The topological polar surface area (TPSA) is 31.9 Å². The summed E-state index contributed by atoms with van der Waals surface area (Å²) in [6.45, 7) is 4.49. The van der Waals surface area contributed by atoms with Crippen LogP contribution in [0.5, 0.6) is 0 Å². The second kappa shape index (κ2) is 5.21. The molecule has 3 nitrogen and oxygen atoms in total. The van der Waals surface area contributed by atoms with Crippen LogP contribution in [0.25, 0.3) is 0 Å². The van der Waals surface area contributed by atoms with E-state index in [-0.39, 0.29) is 0 Å². The minimum absolute atomic E-state index is 0.749. The molecule has 3 heteroatoms. The third-order valence-corrected chi connectivity index (χ3v) is 5.15. The lowest BCUT2D eigenvalue weighted by atomic mass is 9.97. The first kappa shape index (κ1) is 12.9. The zero-order valence-electron chi connectivity index (χ0n) is 12.7. The van der Waals surface area contributed by atoms with Gasteiger partial charge in [0.05, 0.1) is 17.1 Å². The van der Waals surface area contributed by atoms with Gasteiger partial charge in [0.25, 0.3) is 0 Å². The number of nitrogens with zero attached hydrogens (tertiary/aromatic N) is 2. The highest BCUT2D eigenvalue weighted by Gasteiger charge is 2.25. The summed E-state index contributed by atoms with van der Waals surface area (Å²) in [6, 6.07) is 9.00. The van der Waals surface area contributed by atoms with Crippen LogP contribution < -0.4 is 4.90 Å². The number of aromatic amines is 1. The van der Waals surface area contributed by atoms with Gasteiger partial charge in [-0.05, 0) is 56.1 Å². The van der Waals surface area contributed by atoms with Crippen molar-refractivity contribution in [3.63, 3.8) is 0 Å². The van der Waals surface area contributed by atoms with Crippen molar-refractivity contribution < 1.29 is 0 Å². The van der Waals surface area contributed by atoms with Crippen LogP contribution in [0, 0.1) is 6.92 Å². The number of aromatic nitrogens is 2. The van der Waals surface area contributed by atoms with Crippen LogP contribution in [0.1, 0.15) is 47.7 Å². The van der Waals surface area contributed by atoms with Crippen molar-refractivity contribution in [2.75, 3.05) is 18.0 Å². The minimum atomic E-state index is 0.749. The smallest absolute Gasteiger partial charge is 0.0859 e. The van der Waals surface area contributed by atoms with E-state index in [4.69, 9.17) is 0 Å². The fourth-order valence-corrected chi connectivity index (χ4v) is 4.10. The first-order chi connectivity index (χ1) is 10.3. The number of fused-ring (bicyclic) bond motifs is 2. The van der Waals surface area contributed by atoms with Crippen LogP contribution in [-0.4, -0.2) is 23.3 Å². The summed E-state index contributed by atoms with van der Waals surface area (Å²) < 4.78 is 0. The molecule has 110 valence electrons. The summed E-state index contributed by atoms with van der Waals surface area (Å²) in [5.74, 6) is 0.749. The van der Waals surface area contributed by atoms with Crippen molar-refractivity contribution in [2.45, 2.75) is 44.9 Å². The first-order valence-electron chi connectivity index (χ1n) is 8.19. The number of hydrogen-bond donors (Lipinski definition) is 1. The minimum Gasteiger partial charge on any atom is -0.369 e. The number of benzene rings is 1. The fraction of sp³-hybridized carbons (Fsp3) is 0.500. The molecule has 1 N–H and O–H groups in total. The van der Waals surface area contributed by atoms with Gasteiger partial charge in [0.1, 0.15) is 0 Å². The molecule has 0 spiro atoms. The zero-order chi connectivity index (χ0) is 14.2. The summed E-state index contributed by atoms with van der Waals surface area (Å²) in [5, 5.41) is 7.62. The average molecular weight is 281 g/mol. The van der Waals surface area contributed by atoms with Crippen LogP contribution in [0.4, 0.5) is 5.69 Å². The van der Waals surface area contributed by atoms with Crippen molar-refractivity contribution >= 4 is 5.69 Å². The van der Waals surface area contributed by atoms with Crippen molar-refractivity contribution in [3.05, 3.63) is 46.8 Å². The summed E-state index contributed by atoms with van der Waals surface area (Å²) in [6.07, 6.45) is 6.21. The van der Waals surface area contributed by atoms with Crippen LogP contribution in [0.2, 0.25) is 0 Å². The Kier molecular flexibility index (Phi) is 3.21. The number of anilines is 1. The molecule has 2 aliphatic rings. The highest BCUT2D eigenvalue weighted by molar-refractivity contribution is 5.56. The third-order valence-electron chi connectivity index (χ3n) is 5.15. The molecule has 1 atom stereocenters. The number of aryl methyl sites for hydroxylation is 3. The molecule has 1 unspecified atom stereocenters. The Morgan fingerprint density at radius 2 is 2.19 bits per heavy atom. The Bertz CT molecular complexity index is 644. The predicted octanol–water partition coefficient (Wildman–Crippen LogP) is 3.59. The highest BCUT2D eigenvalue weighted by atomic mass is 15.2. The van der Waals surface area contributed by atoms with Gasteiger partial charge in [0.2, 0.25) is 0 Å². The molecule has 1 aliphatic heterocycles. The van der Waals surface area contributed by atoms with Gasteiger partial charge in [-0.25, -0.2) is 0 Å². The van der Waals surface area contributed by atoms with E-state index < -0.39 is 0 Å².